The molecule has 8 heteroatoms. The number of benzene rings is 2. The van der Waals surface area contributed by atoms with Gasteiger partial charge in [-0.1, -0.05) is 23.2 Å². The maximum absolute atomic E-state index is 13.0. The van der Waals surface area contributed by atoms with Crippen LogP contribution in [0.1, 0.15) is 5.56 Å². The molecule has 2 aromatic carbocycles. The van der Waals surface area contributed by atoms with Crippen LogP contribution in [0.4, 0.5) is 9.52 Å². The van der Waals surface area contributed by atoms with Crippen molar-refractivity contribution in [2.75, 3.05) is 19.0 Å². The number of ether oxygens (including phenoxy) is 2. The molecule has 140 valence electrons. The predicted molar refractivity (Wildman–Crippen MR) is 104 cm³/mol. The van der Waals surface area contributed by atoms with Gasteiger partial charge >= 0.3 is 0 Å². The Morgan fingerprint density at radius 1 is 1.26 bits per heavy atom. The molecule has 0 saturated heterocycles. The number of anilines is 1. The fourth-order valence-corrected chi connectivity index (χ4v) is 3.32. The van der Waals surface area contributed by atoms with Crippen molar-refractivity contribution in [3.05, 3.63) is 58.2 Å². The molecular formula is C19H16ClFN2O3S. The molecule has 0 fully saturated rings. The number of amides is 1. The molecule has 1 aromatic heterocycles. The number of rotatable bonds is 6. The van der Waals surface area contributed by atoms with E-state index in [1.165, 1.54) is 23.5 Å². The molecule has 0 radical (unpaired) electrons. The van der Waals surface area contributed by atoms with E-state index in [0.717, 1.165) is 17.2 Å². The minimum atomic E-state index is -0.473. The zero-order valence-electron chi connectivity index (χ0n) is 14.6. The largest absolute Gasteiger partial charge is 0.496 e. The van der Waals surface area contributed by atoms with Crippen molar-refractivity contribution in [2.24, 2.45) is 0 Å². The van der Waals surface area contributed by atoms with E-state index in [4.69, 9.17) is 21.1 Å². The number of halogens is 2. The lowest BCUT2D eigenvalue weighted by Gasteiger charge is -2.08. The number of hydrogen-bond donors (Lipinski definition) is 1. The molecule has 5 nitrogen and oxygen atoms in total. The van der Waals surface area contributed by atoms with Crippen molar-refractivity contribution in [3.8, 4) is 22.8 Å². The molecule has 3 rings (SSSR count). The maximum Gasteiger partial charge on any atom is 0.264 e. The third-order valence-electron chi connectivity index (χ3n) is 3.63. The predicted octanol–water partition coefficient (Wildman–Crippen LogP) is 4.94. The van der Waals surface area contributed by atoms with Crippen molar-refractivity contribution >= 4 is 34.0 Å². The van der Waals surface area contributed by atoms with Gasteiger partial charge in [0.05, 0.1) is 17.8 Å². The van der Waals surface area contributed by atoms with Crippen LogP contribution in [-0.2, 0) is 4.79 Å². The average molecular weight is 407 g/mol. The molecule has 0 aliphatic rings. The number of nitrogens with zero attached hydrogens (tertiary/aromatic N) is 1. The summed E-state index contributed by atoms with van der Waals surface area (Å²) in [7, 11) is 1.60. The molecule has 27 heavy (non-hydrogen) atoms. The number of methoxy groups -OCH3 is 1. The van der Waals surface area contributed by atoms with Gasteiger partial charge in [0.2, 0.25) is 0 Å². The lowest BCUT2D eigenvalue weighted by molar-refractivity contribution is -0.118. The number of hydrogen-bond acceptors (Lipinski definition) is 5. The van der Waals surface area contributed by atoms with Crippen LogP contribution in [0.15, 0.2) is 41.8 Å². The Morgan fingerprint density at radius 3 is 2.78 bits per heavy atom. The lowest BCUT2D eigenvalue weighted by Crippen LogP contribution is -2.20. The van der Waals surface area contributed by atoms with E-state index in [9.17, 15) is 9.18 Å². The molecule has 0 atom stereocenters. The van der Waals surface area contributed by atoms with E-state index in [0.29, 0.717) is 16.6 Å². The second-order valence-electron chi connectivity index (χ2n) is 5.65. The first-order valence-electron chi connectivity index (χ1n) is 7.94. The molecule has 1 heterocycles. The molecule has 0 aliphatic heterocycles. The monoisotopic (exact) mass is 406 g/mol. The first-order chi connectivity index (χ1) is 13.0. The summed E-state index contributed by atoms with van der Waals surface area (Å²) in [6.45, 7) is 1.71. The second-order valence-corrected chi connectivity index (χ2v) is 6.92. The Morgan fingerprint density at radius 2 is 2.04 bits per heavy atom. The van der Waals surface area contributed by atoms with Crippen molar-refractivity contribution < 1.29 is 18.7 Å². The van der Waals surface area contributed by atoms with Gasteiger partial charge in [0.25, 0.3) is 5.91 Å². The highest BCUT2D eigenvalue weighted by atomic mass is 35.5. The van der Waals surface area contributed by atoms with Crippen LogP contribution in [0.25, 0.3) is 11.3 Å². The molecule has 3 aromatic rings. The molecule has 1 N–H and O–H groups in total. The minimum absolute atomic E-state index is 0.103. The highest BCUT2D eigenvalue weighted by molar-refractivity contribution is 7.14. The molecule has 0 unspecified atom stereocenters. The van der Waals surface area contributed by atoms with Gasteiger partial charge in [0, 0.05) is 10.9 Å². The third kappa shape index (κ3) is 4.75. The summed E-state index contributed by atoms with van der Waals surface area (Å²) in [6, 6.07) is 9.51. The summed E-state index contributed by atoms with van der Waals surface area (Å²) < 4.78 is 23.7. The smallest absolute Gasteiger partial charge is 0.264 e. The van der Waals surface area contributed by atoms with Crippen molar-refractivity contribution in [1.29, 1.82) is 0 Å². The quantitative estimate of drug-likeness (QED) is 0.630. The molecule has 0 bridgehead atoms. The SMILES string of the molecule is COc1ccc(C)cc1-c1csc(NC(=O)COc2ccc(F)cc2Cl)n1. The van der Waals surface area contributed by atoms with Crippen LogP contribution in [0.5, 0.6) is 11.5 Å². The zero-order chi connectivity index (χ0) is 19.4. The number of thiazole rings is 1. The number of carbonyl (C=O) groups is 1. The highest BCUT2D eigenvalue weighted by Crippen LogP contribution is 2.33. The van der Waals surface area contributed by atoms with Gasteiger partial charge in [-0.15, -0.1) is 11.3 Å². The van der Waals surface area contributed by atoms with Crippen LogP contribution in [0.2, 0.25) is 5.02 Å². The standard InChI is InChI=1S/C19H16ClFN2O3S/c1-11-3-5-16(25-2)13(7-11)15-10-27-19(22-15)23-18(24)9-26-17-6-4-12(21)8-14(17)20/h3-8,10H,9H2,1-2H3,(H,22,23,24). The Labute approximate surface area is 164 Å². The summed E-state index contributed by atoms with van der Waals surface area (Å²) in [5.41, 5.74) is 2.64. The highest BCUT2D eigenvalue weighted by Gasteiger charge is 2.13. The fourth-order valence-electron chi connectivity index (χ4n) is 2.37. The Balaban J connectivity index is 1.65. The van der Waals surface area contributed by atoms with Gasteiger partial charge in [-0.25, -0.2) is 9.37 Å². The second kappa shape index (κ2) is 8.37. The Bertz CT molecular complexity index is 977. The Hall–Kier alpha value is -2.64. The van der Waals surface area contributed by atoms with Crippen molar-refractivity contribution in [3.63, 3.8) is 0 Å². The summed E-state index contributed by atoms with van der Waals surface area (Å²) in [5.74, 6) is 0.0711. The molecule has 1 amide bonds. The van der Waals surface area contributed by atoms with Crippen LogP contribution in [-0.4, -0.2) is 24.6 Å². The van der Waals surface area contributed by atoms with Crippen LogP contribution in [0.3, 0.4) is 0 Å². The van der Waals surface area contributed by atoms with Crippen molar-refractivity contribution in [2.45, 2.75) is 6.92 Å². The van der Waals surface area contributed by atoms with Gasteiger partial charge in [0.1, 0.15) is 17.3 Å². The fraction of sp³-hybridized carbons (Fsp3) is 0.158. The molecule has 0 spiro atoms. The lowest BCUT2D eigenvalue weighted by atomic mass is 10.1. The topological polar surface area (TPSA) is 60.5 Å². The van der Waals surface area contributed by atoms with E-state index in [-0.39, 0.29) is 17.4 Å². The van der Waals surface area contributed by atoms with Gasteiger partial charge in [0.15, 0.2) is 11.7 Å². The van der Waals surface area contributed by atoms with Crippen molar-refractivity contribution in [1.82, 2.24) is 4.98 Å². The van der Waals surface area contributed by atoms with Crippen LogP contribution < -0.4 is 14.8 Å². The summed E-state index contributed by atoms with van der Waals surface area (Å²) in [6.07, 6.45) is 0. The first-order valence-corrected chi connectivity index (χ1v) is 9.20. The van der Waals surface area contributed by atoms with Crippen LogP contribution >= 0.6 is 22.9 Å². The van der Waals surface area contributed by atoms with E-state index >= 15 is 0 Å². The summed E-state index contributed by atoms with van der Waals surface area (Å²) in [4.78, 5) is 16.5. The van der Waals surface area contributed by atoms with E-state index in [1.807, 2.05) is 30.5 Å². The van der Waals surface area contributed by atoms with Crippen LogP contribution in [0, 0.1) is 12.7 Å². The number of carbonyl (C=O) groups excluding carboxylic acids is 1. The number of nitrogens with one attached hydrogen (secondary N) is 1. The third-order valence-corrected chi connectivity index (χ3v) is 4.69. The molecular weight excluding hydrogens is 391 g/mol. The van der Waals surface area contributed by atoms with Gasteiger partial charge in [-0.05, 0) is 37.3 Å². The normalized spacial score (nSPS) is 10.5. The summed E-state index contributed by atoms with van der Waals surface area (Å²) >= 11 is 7.16. The zero-order valence-corrected chi connectivity index (χ0v) is 16.2. The van der Waals surface area contributed by atoms with Gasteiger partial charge in [-0.2, -0.15) is 0 Å². The molecule has 0 aliphatic carbocycles. The number of aromatic nitrogens is 1. The van der Waals surface area contributed by atoms with E-state index in [2.05, 4.69) is 10.3 Å². The molecule has 0 saturated carbocycles. The van der Waals surface area contributed by atoms with E-state index < -0.39 is 11.7 Å². The van der Waals surface area contributed by atoms with E-state index in [1.54, 1.807) is 7.11 Å². The minimum Gasteiger partial charge on any atom is -0.496 e. The van der Waals surface area contributed by atoms with Gasteiger partial charge < -0.3 is 9.47 Å². The maximum atomic E-state index is 13.0. The summed E-state index contributed by atoms with van der Waals surface area (Å²) in [5, 5.41) is 5.05. The average Bonchev–Trinajstić information content (AvgIpc) is 3.09. The first kappa shape index (κ1) is 19.1. The van der Waals surface area contributed by atoms with Gasteiger partial charge in [-0.3, -0.25) is 10.1 Å². The Kier molecular flexibility index (Phi) is 5.93. The number of aryl methyl sites for hydroxylation is 1.